The molecule has 0 aliphatic heterocycles. The van der Waals surface area contributed by atoms with Crippen molar-refractivity contribution in [2.45, 2.75) is 12.1 Å². The molecule has 0 aliphatic rings. The van der Waals surface area contributed by atoms with Crippen molar-refractivity contribution in [1.29, 1.82) is 0 Å². The number of hydrogen-bond acceptors (Lipinski definition) is 6. The van der Waals surface area contributed by atoms with E-state index in [9.17, 15) is 4.79 Å². The summed E-state index contributed by atoms with van der Waals surface area (Å²) >= 11 is 0. The van der Waals surface area contributed by atoms with E-state index in [4.69, 9.17) is 15.3 Å². The van der Waals surface area contributed by atoms with E-state index in [0.29, 0.717) is 12.1 Å². The number of carbonyl (C=O) groups excluding carboxylic acids is 1. The molecular weight excluding hydrogens is 250 g/mol. The standard InChI is InChI=1S/C13H19NO5/c1-19-12(18)11-4-2-10(3-5-11)6-14-13(7-15,8-16)9-17/h2-5,14-17H,6-9H2,1H3. The molecule has 0 atom stereocenters. The molecule has 19 heavy (non-hydrogen) atoms. The first kappa shape index (κ1) is 15.6. The summed E-state index contributed by atoms with van der Waals surface area (Å²) < 4.78 is 4.59. The number of ether oxygens (including phenoxy) is 1. The van der Waals surface area contributed by atoms with E-state index < -0.39 is 11.5 Å². The van der Waals surface area contributed by atoms with Crippen LogP contribution < -0.4 is 5.32 Å². The summed E-state index contributed by atoms with van der Waals surface area (Å²) in [6, 6.07) is 6.72. The van der Waals surface area contributed by atoms with Gasteiger partial charge < -0.3 is 25.4 Å². The van der Waals surface area contributed by atoms with E-state index in [1.54, 1.807) is 24.3 Å². The summed E-state index contributed by atoms with van der Waals surface area (Å²) in [5.41, 5.74) is 0.192. The third kappa shape index (κ3) is 4.00. The van der Waals surface area contributed by atoms with Crippen molar-refractivity contribution in [2.24, 2.45) is 0 Å². The quantitative estimate of drug-likeness (QED) is 0.488. The van der Waals surface area contributed by atoms with Crippen LogP contribution >= 0.6 is 0 Å². The Labute approximate surface area is 111 Å². The highest BCUT2D eigenvalue weighted by Crippen LogP contribution is 2.08. The van der Waals surface area contributed by atoms with Crippen LogP contribution in [0.2, 0.25) is 0 Å². The SMILES string of the molecule is COC(=O)c1ccc(CNC(CO)(CO)CO)cc1. The molecular formula is C13H19NO5. The van der Waals surface area contributed by atoms with Crippen LogP contribution in [0.4, 0.5) is 0 Å². The maximum Gasteiger partial charge on any atom is 0.337 e. The van der Waals surface area contributed by atoms with E-state index in [0.717, 1.165) is 5.56 Å². The highest BCUT2D eigenvalue weighted by molar-refractivity contribution is 5.89. The van der Waals surface area contributed by atoms with E-state index in [-0.39, 0.29) is 19.8 Å². The number of aliphatic hydroxyl groups is 3. The second-order valence-corrected chi connectivity index (χ2v) is 4.30. The lowest BCUT2D eigenvalue weighted by Crippen LogP contribution is -2.54. The normalized spacial score (nSPS) is 11.4. The molecule has 1 rings (SSSR count). The van der Waals surface area contributed by atoms with Crippen LogP contribution in [0.1, 0.15) is 15.9 Å². The Balaban J connectivity index is 2.66. The first-order valence-electron chi connectivity index (χ1n) is 5.85. The molecule has 0 fully saturated rings. The van der Waals surface area contributed by atoms with Gasteiger partial charge in [0, 0.05) is 6.54 Å². The van der Waals surface area contributed by atoms with Crippen LogP contribution in [0, 0.1) is 0 Å². The maximum absolute atomic E-state index is 11.2. The van der Waals surface area contributed by atoms with E-state index in [1.807, 2.05) is 0 Å². The molecule has 0 aliphatic carbocycles. The third-order valence-electron chi connectivity index (χ3n) is 2.95. The lowest BCUT2D eigenvalue weighted by atomic mass is 10.0. The monoisotopic (exact) mass is 269 g/mol. The zero-order chi connectivity index (χ0) is 14.3. The molecule has 6 heteroatoms. The summed E-state index contributed by atoms with van der Waals surface area (Å²) in [4.78, 5) is 11.2. The molecule has 0 heterocycles. The van der Waals surface area contributed by atoms with Crippen molar-refractivity contribution >= 4 is 5.97 Å². The molecule has 1 aromatic carbocycles. The van der Waals surface area contributed by atoms with Gasteiger partial charge in [-0.1, -0.05) is 12.1 Å². The van der Waals surface area contributed by atoms with Gasteiger partial charge in [-0.05, 0) is 17.7 Å². The van der Waals surface area contributed by atoms with Gasteiger partial charge in [-0.25, -0.2) is 4.79 Å². The molecule has 0 radical (unpaired) electrons. The van der Waals surface area contributed by atoms with Crippen LogP contribution in [0.25, 0.3) is 0 Å². The van der Waals surface area contributed by atoms with Crippen LogP contribution in [-0.2, 0) is 11.3 Å². The number of benzene rings is 1. The second kappa shape index (κ2) is 7.20. The van der Waals surface area contributed by atoms with Crippen LogP contribution in [0.15, 0.2) is 24.3 Å². The van der Waals surface area contributed by atoms with E-state index in [1.165, 1.54) is 7.11 Å². The molecule has 0 bridgehead atoms. The topological polar surface area (TPSA) is 99.0 Å². The molecule has 0 spiro atoms. The van der Waals surface area contributed by atoms with E-state index in [2.05, 4.69) is 10.1 Å². The minimum Gasteiger partial charge on any atom is -0.465 e. The Morgan fingerprint density at radius 2 is 1.68 bits per heavy atom. The van der Waals surface area contributed by atoms with Gasteiger partial charge in [-0.15, -0.1) is 0 Å². The fourth-order valence-electron chi connectivity index (χ4n) is 1.48. The average molecular weight is 269 g/mol. The Hall–Kier alpha value is -1.47. The van der Waals surface area contributed by atoms with Gasteiger partial charge in [-0.3, -0.25) is 0 Å². The van der Waals surface area contributed by atoms with Crippen LogP contribution in [0.5, 0.6) is 0 Å². The van der Waals surface area contributed by atoms with Crippen molar-refractivity contribution in [3.63, 3.8) is 0 Å². The largest absolute Gasteiger partial charge is 0.465 e. The van der Waals surface area contributed by atoms with Gasteiger partial charge in [-0.2, -0.15) is 0 Å². The Morgan fingerprint density at radius 1 is 1.16 bits per heavy atom. The van der Waals surface area contributed by atoms with Gasteiger partial charge in [0.25, 0.3) is 0 Å². The molecule has 0 aromatic heterocycles. The van der Waals surface area contributed by atoms with Crippen LogP contribution in [0.3, 0.4) is 0 Å². The minimum absolute atomic E-state index is 0.350. The fraction of sp³-hybridized carbons (Fsp3) is 0.462. The minimum atomic E-state index is -1.11. The van der Waals surface area contributed by atoms with Crippen molar-refractivity contribution in [3.05, 3.63) is 35.4 Å². The predicted molar refractivity (Wildman–Crippen MR) is 68.6 cm³/mol. The Kier molecular flexibility index (Phi) is 5.91. The smallest absolute Gasteiger partial charge is 0.337 e. The summed E-state index contributed by atoms with van der Waals surface area (Å²) in [6.07, 6.45) is 0. The maximum atomic E-state index is 11.2. The Bertz CT molecular complexity index is 392. The first-order valence-corrected chi connectivity index (χ1v) is 5.85. The number of methoxy groups -OCH3 is 1. The van der Waals surface area contributed by atoms with Crippen molar-refractivity contribution < 1.29 is 24.9 Å². The molecule has 6 nitrogen and oxygen atoms in total. The number of carbonyl (C=O) groups is 1. The summed E-state index contributed by atoms with van der Waals surface area (Å²) in [7, 11) is 1.32. The lowest BCUT2D eigenvalue weighted by Gasteiger charge is -2.28. The number of esters is 1. The highest BCUT2D eigenvalue weighted by Gasteiger charge is 2.26. The predicted octanol–water partition coefficient (Wildman–Crippen LogP) is -0.722. The average Bonchev–Trinajstić information content (AvgIpc) is 2.49. The van der Waals surface area contributed by atoms with Gasteiger partial charge in [0.2, 0.25) is 0 Å². The summed E-state index contributed by atoms with van der Waals surface area (Å²) in [5.74, 6) is -0.407. The summed E-state index contributed by atoms with van der Waals surface area (Å²) in [5, 5.41) is 30.4. The molecule has 0 amide bonds. The lowest BCUT2D eigenvalue weighted by molar-refractivity contribution is 0.0414. The van der Waals surface area contributed by atoms with Gasteiger partial charge in [0.05, 0.1) is 38.0 Å². The first-order chi connectivity index (χ1) is 9.10. The third-order valence-corrected chi connectivity index (χ3v) is 2.95. The van der Waals surface area contributed by atoms with Crippen molar-refractivity contribution in [3.8, 4) is 0 Å². The Morgan fingerprint density at radius 3 is 2.11 bits per heavy atom. The number of aliphatic hydroxyl groups excluding tert-OH is 3. The number of nitrogens with one attached hydrogen (secondary N) is 1. The van der Waals surface area contributed by atoms with Gasteiger partial charge in [0.1, 0.15) is 0 Å². The van der Waals surface area contributed by atoms with Gasteiger partial charge in [0.15, 0.2) is 0 Å². The summed E-state index contributed by atoms with van der Waals surface area (Å²) in [6.45, 7) is -0.774. The molecule has 106 valence electrons. The van der Waals surface area contributed by atoms with Crippen LogP contribution in [-0.4, -0.2) is 53.8 Å². The van der Waals surface area contributed by atoms with Gasteiger partial charge >= 0.3 is 5.97 Å². The molecule has 0 saturated heterocycles. The zero-order valence-corrected chi connectivity index (χ0v) is 10.8. The number of hydrogen-bond donors (Lipinski definition) is 4. The van der Waals surface area contributed by atoms with Crippen molar-refractivity contribution in [2.75, 3.05) is 26.9 Å². The number of rotatable bonds is 7. The molecule has 1 aromatic rings. The zero-order valence-electron chi connectivity index (χ0n) is 10.8. The molecule has 4 N–H and O–H groups in total. The second-order valence-electron chi connectivity index (χ2n) is 4.30. The molecule has 0 unspecified atom stereocenters. The fourth-order valence-corrected chi connectivity index (χ4v) is 1.48. The van der Waals surface area contributed by atoms with E-state index >= 15 is 0 Å². The van der Waals surface area contributed by atoms with Crippen molar-refractivity contribution in [1.82, 2.24) is 5.32 Å². The highest BCUT2D eigenvalue weighted by atomic mass is 16.5. The molecule has 0 saturated carbocycles.